The number of amides is 6. The van der Waals surface area contributed by atoms with Crippen molar-refractivity contribution in [3.63, 3.8) is 0 Å². The summed E-state index contributed by atoms with van der Waals surface area (Å²) in [5.41, 5.74) is 5.47. The number of carbonyl (C=O) groups excluding carboxylic acids is 5. The fourth-order valence-electron chi connectivity index (χ4n) is 3.40. The molecule has 0 bridgehead atoms. The topological polar surface area (TPSA) is 163 Å². The molecule has 3 unspecified atom stereocenters. The van der Waals surface area contributed by atoms with Gasteiger partial charge in [0.2, 0.25) is 23.6 Å². The molecule has 1 rings (SSSR count). The SMILES string of the molecule is C=CCNC(=O)NC1CCN(C(=O)CSC)C1C(=O)NC(CCCNC(=O)CSC)C(N)=O. The number of hydrogen-bond donors (Lipinski definition) is 5. The molecule has 0 radical (unpaired) electrons. The first kappa shape index (κ1) is 28.6. The van der Waals surface area contributed by atoms with Gasteiger partial charge in [-0.1, -0.05) is 6.08 Å². The molecule has 1 fully saturated rings. The van der Waals surface area contributed by atoms with E-state index < -0.39 is 36.0 Å². The summed E-state index contributed by atoms with van der Waals surface area (Å²) < 4.78 is 0. The van der Waals surface area contributed by atoms with Crippen LogP contribution in [0.3, 0.4) is 0 Å². The number of likely N-dealkylation sites (tertiary alicyclic amines) is 1. The molecule has 13 heteroatoms. The first-order valence-corrected chi connectivity index (χ1v) is 13.3. The predicted molar refractivity (Wildman–Crippen MR) is 131 cm³/mol. The molecule has 0 aromatic rings. The van der Waals surface area contributed by atoms with E-state index in [1.807, 2.05) is 6.26 Å². The molecule has 6 amide bonds. The summed E-state index contributed by atoms with van der Waals surface area (Å²) in [7, 11) is 0. The van der Waals surface area contributed by atoms with E-state index >= 15 is 0 Å². The fraction of sp³-hybridized carbons (Fsp3) is 0.650. The number of thioether (sulfide) groups is 2. The Morgan fingerprint density at radius 1 is 1.15 bits per heavy atom. The van der Waals surface area contributed by atoms with Gasteiger partial charge < -0.3 is 31.9 Å². The first-order chi connectivity index (χ1) is 15.7. The Labute approximate surface area is 202 Å². The van der Waals surface area contributed by atoms with Crippen LogP contribution in [0.5, 0.6) is 0 Å². The zero-order valence-electron chi connectivity index (χ0n) is 19.1. The Balaban J connectivity index is 2.83. The fourth-order valence-corrected chi connectivity index (χ4v) is 4.17. The number of nitrogens with two attached hydrogens (primary N) is 1. The molecule has 33 heavy (non-hydrogen) atoms. The van der Waals surface area contributed by atoms with Gasteiger partial charge in [0.15, 0.2) is 0 Å². The second kappa shape index (κ2) is 15.4. The van der Waals surface area contributed by atoms with Gasteiger partial charge in [0.25, 0.3) is 0 Å². The number of nitrogens with one attached hydrogen (secondary N) is 4. The van der Waals surface area contributed by atoms with E-state index in [0.29, 0.717) is 31.7 Å². The molecular formula is C20H34N6O5S2. The van der Waals surface area contributed by atoms with Crippen LogP contribution in [0.2, 0.25) is 0 Å². The minimum Gasteiger partial charge on any atom is -0.368 e. The molecule has 1 aliphatic heterocycles. The molecule has 6 N–H and O–H groups in total. The first-order valence-electron chi connectivity index (χ1n) is 10.5. The van der Waals surface area contributed by atoms with Crippen molar-refractivity contribution < 1.29 is 24.0 Å². The largest absolute Gasteiger partial charge is 0.368 e. The van der Waals surface area contributed by atoms with Gasteiger partial charge >= 0.3 is 6.03 Å². The summed E-state index contributed by atoms with van der Waals surface area (Å²) >= 11 is 2.73. The molecule has 0 aliphatic carbocycles. The molecular weight excluding hydrogens is 468 g/mol. The summed E-state index contributed by atoms with van der Waals surface area (Å²) in [6, 6.07) is -3.05. The third kappa shape index (κ3) is 9.95. The van der Waals surface area contributed by atoms with Crippen LogP contribution < -0.4 is 27.0 Å². The highest BCUT2D eigenvalue weighted by Gasteiger charge is 2.43. The highest BCUT2D eigenvalue weighted by atomic mass is 32.2. The van der Waals surface area contributed by atoms with Crippen molar-refractivity contribution in [1.29, 1.82) is 0 Å². The van der Waals surface area contributed by atoms with Gasteiger partial charge in [-0.2, -0.15) is 23.5 Å². The summed E-state index contributed by atoms with van der Waals surface area (Å²) in [5, 5.41) is 10.7. The minimum absolute atomic E-state index is 0.111. The van der Waals surface area contributed by atoms with Crippen molar-refractivity contribution in [1.82, 2.24) is 26.2 Å². The average molecular weight is 503 g/mol. The molecule has 3 atom stereocenters. The number of rotatable bonds is 14. The lowest BCUT2D eigenvalue weighted by Gasteiger charge is -2.29. The lowest BCUT2D eigenvalue weighted by Crippen LogP contribution is -2.59. The second-order valence-electron chi connectivity index (χ2n) is 7.39. The van der Waals surface area contributed by atoms with Gasteiger partial charge in [-0.3, -0.25) is 19.2 Å². The third-order valence-corrected chi connectivity index (χ3v) is 5.99. The average Bonchev–Trinajstić information content (AvgIpc) is 3.18. The van der Waals surface area contributed by atoms with E-state index in [4.69, 9.17) is 5.73 Å². The summed E-state index contributed by atoms with van der Waals surface area (Å²) in [5.74, 6) is -1.09. The zero-order chi connectivity index (χ0) is 24.8. The number of urea groups is 1. The zero-order valence-corrected chi connectivity index (χ0v) is 20.7. The maximum absolute atomic E-state index is 13.1. The van der Waals surface area contributed by atoms with Gasteiger partial charge in [0, 0.05) is 19.6 Å². The number of nitrogens with zero attached hydrogens (tertiary/aromatic N) is 1. The van der Waals surface area contributed by atoms with Gasteiger partial charge in [-0.15, -0.1) is 6.58 Å². The van der Waals surface area contributed by atoms with Gasteiger partial charge in [0.1, 0.15) is 12.1 Å². The molecule has 0 saturated carbocycles. The lowest BCUT2D eigenvalue weighted by molar-refractivity contribution is -0.138. The van der Waals surface area contributed by atoms with E-state index in [1.54, 1.807) is 6.26 Å². The molecule has 186 valence electrons. The minimum atomic E-state index is -0.970. The van der Waals surface area contributed by atoms with Crippen molar-refractivity contribution >= 4 is 53.2 Å². The molecule has 0 aromatic heterocycles. The van der Waals surface area contributed by atoms with Crippen molar-refractivity contribution in [3.8, 4) is 0 Å². The van der Waals surface area contributed by atoms with Crippen LogP contribution in [0.4, 0.5) is 4.79 Å². The van der Waals surface area contributed by atoms with E-state index in [2.05, 4.69) is 27.8 Å². The van der Waals surface area contributed by atoms with Crippen LogP contribution in [0.25, 0.3) is 0 Å². The van der Waals surface area contributed by atoms with Crippen LogP contribution in [0, 0.1) is 0 Å². The number of hydrogen-bond acceptors (Lipinski definition) is 7. The third-order valence-electron chi connectivity index (χ3n) is 4.91. The molecule has 0 aromatic carbocycles. The quantitative estimate of drug-likeness (QED) is 0.151. The summed E-state index contributed by atoms with van der Waals surface area (Å²) in [6.45, 7) is 4.42. The summed E-state index contributed by atoms with van der Waals surface area (Å²) in [4.78, 5) is 62.7. The highest BCUT2D eigenvalue weighted by Crippen LogP contribution is 2.20. The number of primary amides is 1. The Kier molecular flexibility index (Phi) is 13.4. The highest BCUT2D eigenvalue weighted by molar-refractivity contribution is 7.99. The van der Waals surface area contributed by atoms with Gasteiger partial charge in [0.05, 0.1) is 17.5 Å². The normalized spacial score (nSPS) is 18.2. The van der Waals surface area contributed by atoms with Crippen LogP contribution in [-0.2, 0) is 19.2 Å². The van der Waals surface area contributed by atoms with E-state index in [9.17, 15) is 24.0 Å². The molecule has 0 spiro atoms. The molecule has 1 saturated heterocycles. The van der Waals surface area contributed by atoms with Gasteiger partial charge in [-0.05, 0) is 31.8 Å². The Bertz CT molecular complexity index is 723. The Morgan fingerprint density at radius 3 is 2.45 bits per heavy atom. The Hall–Kier alpha value is -2.41. The predicted octanol–water partition coefficient (Wildman–Crippen LogP) is -0.966. The maximum Gasteiger partial charge on any atom is 0.315 e. The van der Waals surface area contributed by atoms with Crippen LogP contribution >= 0.6 is 23.5 Å². The van der Waals surface area contributed by atoms with Crippen LogP contribution in [-0.4, -0.2) is 96.3 Å². The smallest absolute Gasteiger partial charge is 0.315 e. The van der Waals surface area contributed by atoms with Crippen molar-refractivity contribution in [2.45, 2.75) is 37.4 Å². The van der Waals surface area contributed by atoms with E-state index in [0.717, 1.165) is 0 Å². The monoisotopic (exact) mass is 502 g/mol. The van der Waals surface area contributed by atoms with Crippen molar-refractivity contribution in [2.75, 3.05) is 43.7 Å². The molecule has 11 nitrogen and oxygen atoms in total. The van der Waals surface area contributed by atoms with Crippen molar-refractivity contribution in [2.24, 2.45) is 5.73 Å². The van der Waals surface area contributed by atoms with Crippen LogP contribution in [0.1, 0.15) is 19.3 Å². The van der Waals surface area contributed by atoms with Crippen molar-refractivity contribution in [3.05, 3.63) is 12.7 Å². The van der Waals surface area contributed by atoms with Crippen LogP contribution in [0.15, 0.2) is 12.7 Å². The van der Waals surface area contributed by atoms with E-state index in [-0.39, 0.29) is 30.5 Å². The number of carbonyl (C=O) groups is 5. The maximum atomic E-state index is 13.1. The molecule has 1 heterocycles. The molecule has 1 aliphatic rings. The van der Waals surface area contributed by atoms with Gasteiger partial charge in [-0.25, -0.2) is 4.79 Å². The Morgan fingerprint density at radius 2 is 1.85 bits per heavy atom. The summed E-state index contributed by atoms with van der Waals surface area (Å²) in [6.07, 6.45) is 6.17. The lowest BCUT2D eigenvalue weighted by atomic mass is 10.1. The van der Waals surface area contributed by atoms with E-state index in [1.165, 1.54) is 34.5 Å². The second-order valence-corrected chi connectivity index (χ2v) is 9.12. The standard InChI is InChI=1S/C20H34N6O5S2/c1-4-8-23-20(31)25-13-7-10-26(16(28)12-33-3)17(13)19(30)24-14(18(21)29)6-5-9-22-15(27)11-32-2/h4,13-14,17H,1,5-12H2,2-3H3,(H2,21,29)(H,22,27)(H,24,30)(H2,23,25,31).